The van der Waals surface area contributed by atoms with E-state index in [0.29, 0.717) is 38.7 Å². The van der Waals surface area contributed by atoms with Crippen molar-refractivity contribution < 1.29 is 4.42 Å². The molecule has 1 aliphatic heterocycles. The van der Waals surface area contributed by atoms with Crippen LogP contribution in [0.3, 0.4) is 0 Å². The number of rotatable bonds is 1. The molecule has 0 bridgehead atoms. The summed E-state index contributed by atoms with van der Waals surface area (Å²) in [6.45, 7) is 0. The van der Waals surface area contributed by atoms with Gasteiger partial charge in [0.1, 0.15) is 5.58 Å². The van der Waals surface area contributed by atoms with E-state index in [1.165, 1.54) is 16.4 Å². The van der Waals surface area contributed by atoms with Crippen molar-refractivity contribution in [3.8, 4) is 0 Å². The Morgan fingerprint density at radius 2 is 1.85 bits per heavy atom. The maximum Gasteiger partial charge on any atom is 0.345 e. The molecule has 0 spiro atoms. The highest BCUT2D eigenvalue weighted by Gasteiger charge is 2.21. The van der Waals surface area contributed by atoms with Gasteiger partial charge < -0.3 is 4.42 Å². The zero-order valence-electron chi connectivity index (χ0n) is 13.4. The molecule has 0 radical (unpaired) electrons. The van der Waals surface area contributed by atoms with Crippen molar-refractivity contribution in [2.24, 2.45) is 5.10 Å². The van der Waals surface area contributed by atoms with Crippen LogP contribution in [0.25, 0.3) is 21.9 Å². The quantitative estimate of drug-likeness (QED) is 0.385. The van der Waals surface area contributed by atoms with Crippen LogP contribution in [0.15, 0.2) is 78.9 Å². The Balaban J connectivity index is 1.74. The Hall–Kier alpha value is -3.19. The Labute approximate surface area is 150 Å². The highest BCUT2D eigenvalue weighted by molar-refractivity contribution is 7.99. The molecule has 0 N–H and O–H groups in total. The standard InChI is InChI=1S/C19H11N3O3S/c23-17-12-6-2-3-7-14(12)20-19-22(17)21-15(10-26-19)13-9-11-5-1-4-8-16(11)25-18(13)24/h1-9H,10H2. The minimum absolute atomic E-state index is 0.250. The molecular weight excluding hydrogens is 350 g/mol. The molecule has 2 aromatic carbocycles. The molecule has 0 saturated heterocycles. The Bertz CT molecular complexity index is 1340. The fraction of sp³-hybridized carbons (Fsp3) is 0.0526. The molecule has 5 rings (SSSR count). The highest BCUT2D eigenvalue weighted by Crippen LogP contribution is 2.23. The molecule has 126 valence electrons. The molecule has 1 aliphatic rings. The highest BCUT2D eigenvalue weighted by atomic mass is 32.2. The van der Waals surface area contributed by atoms with Gasteiger partial charge in [-0.3, -0.25) is 4.79 Å². The first kappa shape index (κ1) is 15.1. The van der Waals surface area contributed by atoms with Gasteiger partial charge in [-0.2, -0.15) is 9.78 Å². The Morgan fingerprint density at radius 3 is 2.77 bits per heavy atom. The second kappa shape index (κ2) is 5.67. The molecule has 0 unspecified atom stereocenters. The molecule has 0 amide bonds. The first-order valence-electron chi connectivity index (χ1n) is 7.96. The second-order valence-corrected chi connectivity index (χ2v) is 6.79. The lowest BCUT2D eigenvalue weighted by molar-refractivity contribution is 0.559. The van der Waals surface area contributed by atoms with Gasteiger partial charge in [0.05, 0.1) is 22.2 Å². The van der Waals surface area contributed by atoms with Crippen molar-refractivity contribution >= 4 is 39.3 Å². The molecule has 7 heteroatoms. The number of fused-ring (bicyclic) bond motifs is 3. The lowest BCUT2D eigenvalue weighted by atomic mass is 10.1. The van der Waals surface area contributed by atoms with Gasteiger partial charge in [0, 0.05) is 11.1 Å². The third-order valence-corrected chi connectivity index (χ3v) is 5.18. The molecule has 2 aromatic heterocycles. The maximum absolute atomic E-state index is 12.7. The molecule has 4 aromatic rings. The summed E-state index contributed by atoms with van der Waals surface area (Å²) in [7, 11) is 0. The lowest BCUT2D eigenvalue weighted by Crippen LogP contribution is -2.28. The molecular formula is C19H11N3O3S. The molecule has 0 aliphatic carbocycles. The van der Waals surface area contributed by atoms with E-state index in [1.54, 1.807) is 30.3 Å². The lowest BCUT2D eigenvalue weighted by Gasteiger charge is -2.15. The minimum Gasteiger partial charge on any atom is -0.422 e. The third-order valence-electron chi connectivity index (χ3n) is 4.24. The van der Waals surface area contributed by atoms with E-state index in [-0.39, 0.29) is 5.56 Å². The van der Waals surface area contributed by atoms with Crippen molar-refractivity contribution in [2.45, 2.75) is 5.16 Å². The Kier molecular flexibility index (Phi) is 3.29. The van der Waals surface area contributed by atoms with Crippen molar-refractivity contribution in [2.75, 3.05) is 5.75 Å². The average Bonchev–Trinajstić information content (AvgIpc) is 2.67. The molecule has 0 atom stereocenters. The van der Waals surface area contributed by atoms with Gasteiger partial charge in [0.2, 0.25) is 0 Å². The van der Waals surface area contributed by atoms with Gasteiger partial charge in [-0.25, -0.2) is 9.78 Å². The van der Waals surface area contributed by atoms with E-state index in [9.17, 15) is 9.59 Å². The number of hydrogen-bond acceptors (Lipinski definition) is 6. The minimum atomic E-state index is -0.465. The van der Waals surface area contributed by atoms with Crippen LogP contribution in [-0.2, 0) is 0 Å². The van der Waals surface area contributed by atoms with Gasteiger partial charge in [0.25, 0.3) is 5.56 Å². The molecule has 0 fully saturated rings. The van der Waals surface area contributed by atoms with Gasteiger partial charge in [-0.1, -0.05) is 42.1 Å². The van der Waals surface area contributed by atoms with E-state index in [4.69, 9.17) is 4.42 Å². The van der Waals surface area contributed by atoms with Gasteiger partial charge in [-0.05, 0) is 24.3 Å². The van der Waals surface area contributed by atoms with E-state index in [2.05, 4.69) is 10.1 Å². The van der Waals surface area contributed by atoms with Gasteiger partial charge >= 0.3 is 5.63 Å². The van der Waals surface area contributed by atoms with Crippen molar-refractivity contribution in [1.29, 1.82) is 0 Å². The molecule has 6 nitrogen and oxygen atoms in total. The Morgan fingerprint density at radius 1 is 1.04 bits per heavy atom. The monoisotopic (exact) mass is 361 g/mol. The summed E-state index contributed by atoms with van der Waals surface area (Å²) in [5.41, 5.74) is 1.31. The van der Waals surface area contributed by atoms with Crippen LogP contribution < -0.4 is 11.2 Å². The zero-order valence-corrected chi connectivity index (χ0v) is 14.2. The van der Waals surface area contributed by atoms with Crippen LogP contribution in [0.4, 0.5) is 0 Å². The summed E-state index contributed by atoms with van der Waals surface area (Å²) in [6.07, 6.45) is 0. The molecule has 3 heterocycles. The first-order valence-corrected chi connectivity index (χ1v) is 8.95. The average molecular weight is 361 g/mol. The van der Waals surface area contributed by atoms with E-state index >= 15 is 0 Å². The number of thioether (sulfide) groups is 1. The van der Waals surface area contributed by atoms with Gasteiger partial charge in [0.15, 0.2) is 5.16 Å². The fourth-order valence-corrected chi connectivity index (χ4v) is 3.85. The van der Waals surface area contributed by atoms with Crippen LogP contribution in [0, 0.1) is 0 Å². The second-order valence-electron chi connectivity index (χ2n) is 5.85. The van der Waals surface area contributed by atoms with Crippen LogP contribution in [0.2, 0.25) is 0 Å². The van der Waals surface area contributed by atoms with E-state index in [1.807, 2.05) is 24.3 Å². The summed E-state index contributed by atoms with van der Waals surface area (Å²) >= 11 is 1.38. The summed E-state index contributed by atoms with van der Waals surface area (Å²) in [4.78, 5) is 29.6. The SMILES string of the molecule is O=c1oc2ccccc2cc1C1=Nn2c(nc3ccccc3c2=O)SC1. The van der Waals surface area contributed by atoms with Crippen molar-refractivity contribution in [3.05, 3.63) is 80.9 Å². The first-order chi connectivity index (χ1) is 12.7. The number of hydrogen-bond donors (Lipinski definition) is 0. The summed E-state index contributed by atoms with van der Waals surface area (Å²) < 4.78 is 6.65. The number of aromatic nitrogens is 2. The summed E-state index contributed by atoms with van der Waals surface area (Å²) in [6, 6.07) is 16.2. The van der Waals surface area contributed by atoms with Gasteiger partial charge in [-0.15, -0.1) is 0 Å². The topological polar surface area (TPSA) is 77.5 Å². The number of para-hydroxylation sites is 2. The summed E-state index contributed by atoms with van der Waals surface area (Å²) in [5.74, 6) is 0.438. The predicted molar refractivity (Wildman–Crippen MR) is 101 cm³/mol. The van der Waals surface area contributed by atoms with Crippen LogP contribution in [-0.4, -0.2) is 21.1 Å². The maximum atomic E-state index is 12.7. The van der Waals surface area contributed by atoms with Crippen molar-refractivity contribution in [3.63, 3.8) is 0 Å². The molecule has 0 saturated carbocycles. The summed E-state index contributed by atoms with van der Waals surface area (Å²) in [5, 5.41) is 6.23. The van der Waals surface area contributed by atoms with E-state index < -0.39 is 5.63 Å². The normalized spacial score (nSPS) is 13.6. The van der Waals surface area contributed by atoms with Crippen LogP contribution in [0.5, 0.6) is 0 Å². The zero-order chi connectivity index (χ0) is 17.7. The van der Waals surface area contributed by atoms with Crippen LogP contribution >= 0.6 is 11.8 Å². The smallest absolute Gasteiger partial charge is 0.345 e. The van der Waals surface area contributed by atoms with Crippen LogP contribution in [0.1, 0.15) is 5.56 Å². The fourth-order valence-electron chi connectivity index (χ4n) is 2.96. The predicted octanol–water partition coefficient (Wildman–Crippen LogP) is 2.86. The van der Waals surface area contributed by atoms with Crippen molar-refractivity contribution in [1.82, 2.24) is 9.66 Å². The third kappa shape index (κ3) is 2.28. The number of nitrogens with zero attached hydrogens (tertiary/aromatic N) is 3. The van der Waals surface area contributed by atoms with E-state index in [0.717, 1.165) is 5.39 Å². The molecule has 26 heavy (non-hydrogen) atoms. The number of benzene rings is 2. The largest absolute Gasteiger partial charge is 0.422 e.